The third kappa shape index (κ3) is 2.91. The fourth-order valence-electron chi connectivity index (χ4n) is 3.04. The SMILES string of the molecule is Cc1ccc(S(=O)(=O)N2CCC(O)(c3ccnn3C)CC2)cc1. The molecule has 124 valence electrons. The van der Waals surface area contributed by atoms with Crippen molar-refractivity contribution in [3.8, 4) is 0 Å². The van der Waals surface area contributed by atoms with Crippen LogP contribution < -0.4 is 0 Å². The summed E-state index contributed by atoms with van der Waals surface area (Å²) in [6.45, 7) is 2.50. The Balaban J connectivity index is 1.78. The van der Waals surface area contributed by atoms with Gasteiger partial charge in [0.05, 0.1) is 10.6 Å². The van der Waals surface area contributed by atoms with Gasteiger partial charge < -0.3 is 5.11 Å². The molecule has 0 aliphatic carbocycles. The van der Waals surface area contributed by atoms with E-state index < -0.39 is 15.6 Å². The summed E-state index contributed by atoms with van der Waals surface area (Å²) < 4.78 is 28.5. The molecular formula is C16H21N3O3S. The Kier molecular flexibility index (Phi) is 4.03. The molecule has 0 spiro atoms. The summed E-state index contributed by atoms with van der Waals surface area (Å²) in [6.07, 6.45) is 2.36. The largest absolute Gasteiger partial charge is 0.383 e. The molecule has 1 aromatic heterocycles. The van der Waals surface area contributed by atoms with E-state index in [0.717, 1.165) is 11.3 Å². The number of nitrogens with zero attached hydrogens (tertiary/aromatic N) is 3. The molecule has 0 unspecified atom stereocenters. The maximum atomic E-state index is 12.7. The molecular weight excluding hydrogens is 314 g/mol. The zero-order valence-electron chi connectivity index (χ0n) is 13.3. The molecule has 1 aliphatic rings. The van der Waals surface area contributed by atoms with Crippen molar-refractivity contribution in [2.45, 2.75) is 30.3 Å². The van der Waals surface area contributed by atoms with Crippen LogP contribution in [-0.4, -0.2) is 40.7 Å². The zero-order valence-corrected chi connectivity index (χ0v) is 14.1. The molecule has 0 saturated carbocycles. The van der Waals surface area contributed by atoms with Crippen molar-refractivity contribution >= 4 is 10.0 Å². The molecule has 0 radical (unpaired) electrons. The van der Waals surface area contributed by atoms with Crippen molar-refractivity contribution in [2.24, 2.45) is 7.05 Å². The summed E-state index contributed by atoms with van der Waals surface area (Å²) in [5.41, 5.74) is 0.725. The summed E-state index contributed by atoms with van der Waals surface area (Å²) in [4.78, 5) is 0.300. The Bertz CT molecular complexity index is 788. The number of sulfonamides is 1. The summed E-state index contributed by atoms with van der Waals surface area (Å²) in [5, 5.41) is 14.9. The first kappa shape index (κ1) is 16.2. The van der Waals surface area contributed by atoms with Crippen LogP contribution in [0.2, 0.25) is 0 Å². The first-order valence-electron chi connectivity index (χ1n) is 7.61. The van der Waals surface area contributed by atoms with Crippen LogP contribution >= 0.6 is 0 Å². The number of aromatic nitrogens is 2. The van der Waals surface area contributed by atoms with Gasteiger partial charge in [0.2, 0.25) is 10.0 Å². The van der Waals surface area contributed by atoms with Gasteiger partial charge in [-0.1, -0.05) is 17.7 Å². The van der Waals surface area contributed by atoms with Gasteiger partial charge in [-0.3, -0.25) is 4.68 Å². The van der Waals surface area contributed by atoms with Gasteiger partial charge in [-0.15, -0.1) is 0 Å². The molecule has 1 aliphatic heterocycles. The molecule has 3 rings (SSSR count). The maximum Gasteiger partial charge on any atom is 0.243 e. The van der Waals surface area contributed by atoms with Crippen LogP contribution in [0.3, 0.4) is 0 Å². The van der Waals surface area contributed by atoms with E-state index in [2.05, 4.69) is 5.10 Å². The van der Waals surface area contributed by atoms with Gasteiger partial charge in [0.15, 0.2) is 0 Å². The van der Waals surface area contributed by atoms with E-state index in [4.69, 9.17) is 0 Å². The Morgan fingerprint density at radius 3 is 2.26 bits per heavy atom. The Morgan fingerprint density at radius 2 is 1.74 bits per heavy atom. The van der Waals surface area contributed by atoms with Crippen molar-refractivity contribution in [3.05, 3.63) is 47.8 Å². The first-order valence-corrected chi connectivity index (χ1v) is 9.05. The lowest BCUT2D eigenvalue weighted by Gasteiger charge is -2.37. The van der Waals surface area contributed by atoms with E-state index in [-0.39, 0.29) is 13.1 Å². The minimum absolute atomic E-state index is 0.290. The minimum atomic E-state index is -3.51. The molecule has 23 heavy (non-hydrogen) atoms. The van der Waals surface area contributed by atoms with E-state index >= 15 is 0 Å². The molecule has 6 nitrogen and oxygen atoms in total. The molecule has 1 aromatic carbocycles. The minimum Gasteiger partial charge on any atom is -0.383 e. The highest BCUT2D eigenvalue weighted by atomic mass is 32.2. The van der Waals surface area contributed by atoms with E-state index in [0.29, 0.717) is 17.7 Å². The van der Waals surface area contributed by atoms with Gasteiger partial charge in [-0.2, -0.15) is 9.40 Å². The molecule has 1 saturated heterocycles. The average molecular weight is 335 g/mol. The molecule has 0 bridgehead atoms. The molecule has 0 amide bonds. The number of aliphatic hydroxyl groups is 1. The lowest BCUT2D eigenvalue weighted by atomic mass is 9.89. The van der Waals surface area contributed by atoms with Crippen LogP contribution in [0.15, 0.2) is 41.4 Å². The summed E-state index contributed by atoms with van der Waals surface area (Å²) in [5.74, 6) is 0. The Morgan fingerprint density at radius 1 is 1.13 bits per heavy atom. The number of rotatable bonds is 3. The van der Waals surface area contributed by atoms with E-state index in [1.165, 1.54) is 4.31 Å². The van der Waals surface area contributed by atoms with Crippen LogP contribution in [0, 0.1) is 6.92 Å². The van der Waals surface area contributed by atoms with Gasteiger partial charge in [0.1, 0.15) is 5.60 Å². The molecule has 0 atom stereocenters. The predicted octanol–water partition coefficient (Wildman–Crippen LogP) is 1.40. The second-order valence-corrected chi connectivity index (χ2v) is 8.03. The molecule has 1 fully saturated rings. The monoisotopic (exact) mass is 335 g/mol. The standard InChI is InChI=1S/C16H21N3O3S/c1-13-3-5-14(6-4-13)23(21,22)19-11-8-16(20,9-12-19)15-7-10-17-18(15)2/h3-7,10,20H,8-9,11-12H2,1-2H3. The number of hydrogen-bond acceptors (Lipinski definition) is 4. The molecule has 2 heterocycles. The zero-order chi connectivity index (χ0) is 16.7. The smallest absolute Gasteiger partial charge is 0.243 e. The van der Waals surface area contributed by atoms with Crippen molar-refractivity contribution < 1.29 is 13.5 Å². The van der Waals surface area contributed by atoms with Gasteiger partial charge >= 0.3 is 0 Å². The van der Waals surface area contributed by atoms with Crippen LogP contribution in [-0.2, 0) is 22.7 Å². The summed E-state index contributed by atoms with van der Waals surface area (Å²) in [7, 11) is -1.73. The lowest BCUT2D eigenvalue weighted by molar-refractivity contribution is -0.0165. The van der Waals surface area contributed by atoms with Crippen molar-refractivity contribution in [2.75, 3.05) is 13.1 Å². The highest BCUT2D eigenvalue weighted by molar-refractivity contribution is 7.89. The fourth-order valence-corrected chi connectivity index (χ4v) is 4.48. The van der Waals surface area contributed by atoms with Crippen molar-refractivity contribution in [3.63, 3.8) is 0 Å². The number of piperidine rings is 1. The van der Waals surface area contributed by atoms with Crippen LogP contribution in [0.25, 0.3) is 0 Å². The maximum absolute atomic E-state index is 12.7. The number of benzene rings is 1. The second kappa shape index (κ2) is 5.74. The van der Waals surface area contributed by atoms with Crippen LogP contribution in [0.4, 0.5) is 0 Å². The van der Waals surface area contributed by atoms with Crippen molar-refractivity contribution in [1.82, 2.24) is 14.1 Å². The second-order valence-electron chi connectivity index (χ2n) is 6.09. The quantitative estimate of drug-likeness (QED) is 0.920. The first-order chi connectivity index (χ1) is 10.8. The van der Waals surface area contributed by atoms with Crippen LogP contribution in [0.1, 0.15) is 24.1 Å². The molecule has 2 aromatic rings. The predicted molar refractivity (Wildman–Crippen MR) is 86.3 cm³/mol. The number of aryl methyl sites for hydroxylation is 2. The van der Waals surface area contributed by atoms with E-state index in [1.807, 2.05) is 6.92 Å². The molecule has 7 heteroatoms. The normalized spacial score (nSPS) is 18.9. The Hall–Kier alpha value is -1.70. The summed E-state index contributed by atoms with van der Waals surface area (Å²) >= 11 is 0. The average Bonchev–Trinajstić information content (AvgIpc) is 2.95. The third-order valence-electron chi connectivity index (χ3n) is 4.51. The van der Waals surface area contributed by atoms with Gasteiger partial charge in [-0.05, 0) is 38.0 Å². The summed E-state index contributed by atoms with van der Waals surface area (Å²) in [6, 6.07) is 8.63. The highest BCUT2D eigenvalue weighted by Crippen LogP contribution is 2.34. The lowest BCUT2D eigenvalue weighted by Crippen LogP contribution is -2.45. The van der Waals surface area contributed by atoms with Crippen molar-refractivity contribution in [1.29, 1.82) is 0 Å². The van der Waals surface area contributed by atoms with Crippen LogP contribution in [0.5, 0.6) is 0 Å². The van der Waals surface area contributed by atoms with Gasteiger partial charge in [0.25, 0.3) is 0 Å². The van der Waals surface area contributed by atoms with E-state index in [1.54, 1.807) is 48.3 Å². The molecule has 1 N–H and O–H groups in total. The topological polar surface area (TPSA) is 75.4 Å². The van der Waals surface area contributed by atoms with E-state index in [9.17, 15) is 13.5 Å². The fraction of sp³-hybridized carbons (Fsp3) is 0.438. The van der Waals surface area contributed by atoms with Gasteiger partial charge in [-0.25, -0.2) is 8.42 Å². The highest BCUT2D eigenvalue weighted by Gasteiger charge is 2.39. The Labute approximate surface area is 136 Å². The number of hydrogen-bond donors (Lipinski definition) is 1. The third-order valence-corrected chi connectivity index (χ3v) is 6.42. The van der Waals surface area contributed by atoms with Gasteiger partial charge in [0, 0.05) is 26.3 Å².